The lowest BCUT2D eigenvalue weighted by Crippen LogP contribution is -2.37. The number of likely N-dealkylation sites (tertiary alicyclic amines) is 1. The molecule has 0 radical (unpaired) electrons. The molecule has 1 aliphatic carbocycles. The molecule has 0 spiro atoms. The van der Waals surface area contributed by atoms with E-state index in [1.165, 1.54) is 0 Å². The van der Waals surface area contributed by atoms with Crippen LogP contribution < -0.4 is 9.47 Å². The number of carbonyl (C=O) groups excluding carboxylic acids is 2. The van der Waals surface area contributed by atoms with Crippen LogP contribution in [0.1, 0.15) is 61.8 Å². The molecule has 1 saturated heterocycles. The first kappa shape index (κ1) is 22.9. The van der Waals surface area contributed by atoms with Gasteiger partial charge in [-0.3, -0.25) is 9.59 Å². The fraction of sp³-hybridized carbons (Fsp3) is 0.407. The molecule has 1 amide bonds. The second kappa shape index (κ2) is 9.69. The molecule has 1 saturated carbocycles. The van der Waals surface area contributed by atoms with Crippen LogP contribution in [0.3, 0.4) is 0 Å². The Labute approximate surface area is 194 Å². The maximum absolute atomic E-state index is 13.2. The van der Waals surface area contributed by atoms with E-state index < -0.39 is 17.7 Å². The van der Waals surface area contributed by atoms with Gasteiger partial charge < -0.3 is 19.5 Å². The molecule has 6 nitrogen and oxygen atoms in total. The van der Waals surface area contributed by atoms with Crippen molar-refractivity contribution in [2.24, 2.45) is 0 Å². The second-order valence-electron chi connectivity index (χ2n) is 8.75. The van der Waals surface area contributed by atoms with Crippen LogP contribution in [-0.4, -0.2) is 41.5 Å². The largest absolute Gasteiger partial charge is 0.507 e. The molecule has 33 heavy (non-hydrogen) atoms. The van der Waals surface area contributed by atoms with Crippen LogP contribution in [0.15, 0.2) is 48.0 Å². The van der Waals surface area contributed by atoms with Gasteiger partial charge in [-0.25, -0.2) is 0 Å². The van der Waals surface area contributed by atoms with E-state index in [4.69, 9.17) is 9.47 Å². The van der Waals surface area contributed by atoms with E-state index in [1.54, 1.807) is 30.2 Å². The molecule has 1 unspecified atom stereocenters. The van der Waals surface area contributed by atoms with Crippen LogP contribution in [0.2, 0.25) is 0 Å². The number of aliphatic hydroxyl groups excluding tert-OH is 1. The summed E-state index contributed by atoms with van der Waals surface area (Å²) in [6.07, 6.45) is 4.69. The maximum Gasteiger partial charge on any atom is 0.295 e. The zero-order valence-corrected chi connectivity index (χ0v) is 19.5. The first-order valence-corrected chi connectivity index (χ1v) is 11.6. The van der Waals surface area contributed by atoms with Crippen molar-refractivity contribution in [2.45, 2.75) is 58.0 Å². The molecule has 0 aromatic heterocycles. The molecule has 1 aliphatic heterocycles. The quantitative estimate of drug-likeness (QED) is 0.359. The molecule has 1 heterocycles. The van der Waals surface area contributed by atoms with Gasteiger partial charge in [0.1, 0.15) is 17.3 Å². The Bertz CT molecular complexity index is 1070. The van der Waals surface area contributed by atoms with E-state index in [2.05, 4.69) is 0 Å². The molecule has 2 fully saturated rings. The van der Waals surface area contributed by atoms with E-state index in [9.17, 15) is 14.7 Å². The smallest absolute Gasteiger partial charge is 0.295 e. The fourth-order valence-electron chi connectivity index (χ4n) is 4.88. The lowest BCUT2D eigenvalue weighted by atomic mass is 9.94. The van der Waals surface area contributed by atoms with Crippen molar-refractivity contribution in [1.82, 2.24) is 4.90 Å². The summed E-state index contributed by atoms with van der Waals surface area (Å²) in [5, 5.41) is 11.3. The van der Waals surface area contributed by atoms with Crippen LogP contribution in [0.5, 0.6) is 11.5 Å². The Morgan fingerprint density at radius 2 is 1.79 bits per heavy atom. The molecule has 6 heteroatoms. The minimum atomic E-state index is -0.635. The number of ether oxygens (including phenoxy) is 2. The molecular weight excluding hydrogens is 418 g/mol. The molecule has 1 N–H and O–H groups in total. The van der Waals surface area contributed by atoms with E-state index in [0.29, 0.717) is 17.9 Å². The first-order valence-electron chi connectivity index (χ1n) is 11.6. The van der Waals surface area contributed by atoms with Gasteiger partial charge in [-0.15, -0.1) is 0 Å². The average Bonchev–Trinajstić information content (AvgIpc) is 3.44. The highest BCUT2D eigenvalue weighted by Crippen LogP contribution is 2.44. The number of amides is 1. The van der Waals surface area contributed by atoms with Crippen molar-refractivity contribution in [3.63, 3.8) is 0 Å². The van der Waals surface area contributed by atoms with Crippen LogP contribution in [0.4, 0.5) is 0 Å². The van der Waals surface area contributed by atoms with Gasteiger partial charge in [0.2, 0.25) is 0 Å². The lowest BCUT2D eigenvalue weighted by molar-refractivity contribution is -0.141. The van der Waals surface area contributed by atoms with E-state index in [1.807, 2.05) is 38.1 Å². The van der Waals surface area contributed by atoms with Crippen molar-refractivity contribution >= 4 is 17.4 Å². The summed E-state index contributed by atoms with van der Waals surface area (Å²) >= 11 is 0. The number of methoxy groups -OCH3 is 1. The topological polar surface area (TPSA) is 76.1 Å². The molecule has 2 aromatic rings. The van der Waals surface area contributed by atoms with Crippen LogP contribution in [-0.2, 0) is 9.59 Å². The zero-order chi connectivity index (χ0) is 23.5. The van der Waals surface area contributed by atoms with Crippen molar-refractivity contribution in [3.05, 3.63) is 64.7 Å². The average molecular weight is 450 g/mol. The molecule has 0 bridgehead atoms. The number of aliphatic hydroxyl groups is 1. The Kier molecular flexibility index (Phi) is 6.72. The monoisotopic (exact) mass is 449 g/mol. The van der Waals surface area contributed by atoms with Crippen molar-refractivity contribution in [2.75, 3.05) is 13.7 Å². The predicted octanol–water partition coefficient (Wildman–Crippen LogP) is 5.16. The third kappa shape index (κ3) is 4.34. The first-order chi connectivity index (χ1) is 16.0. The summed E-state index contributed by atoms with van der Waals surface area (Å²) < 4.78 is 11.0. The Morgan fingerprint density at radius 3 is 2.39 bits per heavy atom. The molecule has 1 atom stereocenters. The Hall–Kier alpha value is -3.28. The Morgan fingerprint density at radius 1 is 1.09 bits per heavy atom. The number of hydrogen-bond donors (Lipinski definition) is 1. The summed E-state index contributed by atoms with van der Waals surface area (Å²) in [7, 11) is 1.59. The number of benzene rings is 2. The molecule has 4 rings (SSSR count). The van der Waals surface area contributed by atoms with Gasteiger partial charge in [0.05, 0.1) is 25.3 Å². The van der Waals surface area contributed by atoms with Crippen molar-refractivity contribution in [3.8, 4) is 11.5 Å². The highest BCUT2D eigenvalue weighted by molar-refractivity contribution is 6.46. The van der Waals surface area contributed by atoms with Gasteiger partial charge in [-0.2, -0.15) is 0 Å². The lowest BCUT2D eigenvalue weighted by Gasteiger charge is -2.30. The summed E-state index contributed by atoms with van der Waals surface area (Å²) in [5.41, 5.74) is 2.25. The third-order valence-electron chi connectivity index (χ3n) is 6.54. The van der Waals surface area contributed by atoms with Gasteiger partial charge >= 0.3 is 0 Å². The standard InChI is InChI=1S/C27H31NO5/c1-4-15-33-21-12-9-18(10-13-21)24-23(25(29)19-11-14-22(32-3)17(2)16-19)26(30)27(31)28(24)20-7-5-6-8-20/h9-14,16,20,24,29H,4-8,15H2,1-3H3/b25-23-. The molecule has 2 aromatic carbocycles. The van der Waals surface area contributed by atoms with Crippen LogP contribution in [0, 0.1) is 6.92 Å². The summed E-state index contributed by atoms with van der Waals surface area (Å²) in [4.78, 5) is 28.1. The van der Waals surface area contributed by atoms with E-state index in [-0.39, 0.29) is 17.4 Å². The van der Waals surface area contributed by atoms with Crippen LogP contribution >= 0.6 is 0 Å². The van der Waals surface area contributed by atoms with Gasteiger partial charge in [0, 0.05) is 11.6 Å². The number of hydrogen-bond acceptors (Lipinski definition) is 5. The summed E-state index contributed by atoms with van der Waals surface area (Å²) in [6, 6.07) is 12.1. The molecule has 174 valence electrons. The van der Waals surface area contributed by atoms with Crippen molar-refractivity contribution < 1.29 is 24.2 Å². The SMILES string of the molecule is CCCOc1ccc(C2/C(=C(/O)c3ccc(OC)c(C)c3)C(=O)C(=O)N2C2CCCC2)cc1. The van der Waals surface area contributed by atoms with Gasteiger partial charge in [-0.05, 0) is 67.6 Å². The minimum Gasteiger partial charge on any atom is -0.507 e. The van der Waals surface area contributed by atoms with Gasteiger partial charge in [-0.1, -0.05) is 31.9 Å². The molecular formula is C27H31NO5. The van der Waals surface area contributed by atoms with E-state index in [0.717, 1.165) is 49.0 Å². The van der Waals surface area contributed by atoms with Crippen LogP contribution in [0.25, 0.3) is 5.76 Å². The normalized spacial score (nSPS) is 20.5. The third-order valence-corrected chi connectivity index (χ3v) is 6.54. The second-order valence-corrected chi connectivity index (χ2v) is 8.75. The maximum atomic E-state index is 13.2. The summed E-state index contributed by atoms with van der Waals surface area (Å²) in [6.45, 7) is 4.54. The number of rotatable bonds is 7. The molecule has 2 aliphatic rings. The number of carbonyl (C=O) groups is 2. The predicted molar refractivity (Wildman–Crippen MR) is 126 cm³/mol. The highest BCUT2D eigenvalue weighted by Gasteiger charge is 2.49. The van der Waals surface area contributed by atoms with E-state index >= 15 is 0 Å². The van der Waals surface area contributed by atoms with Gasteiger partial charge in [0.15, 0.2) is 0 Å². The Balaban J connectivity index is 1.81. The number of ketones is 1. The fourth-order valence-corrected chi connectivity index (χ4v) is 4.88. The minimum absolute atomic E-state index is 0.00892. The number of aryl methyl sites for hydroxylation is 1. The number of nitrogens with zero attached hydrogens (tertiary/aromatic N) is 1. The highest BCUT2D eigenvalue weighted by atomic mass is 16.5. The van der Waals surface area contributed by atoms with Gasteiger partial charge in [0.25, 0.3) is 11.7 Å². The summed E-state index contributed by atoms with van der Waals surface area (Å²) in [5.74, 6) is 0.103. The number of Topliss-reactive ketones (excluding diaryl/α,β-unsaturated/α-hetero) is 1. The zero-order valence-electron chi connectivity index (χ0n) is 19.5. The van der Waals surface area contributed by atoms with Crippen molar-refractivity contribution in [1.29, 1.82) is 0 Å².